The zero-order valence-electron chi connectivity index (χ0n) is 13.2. The molecule has 4 nitrogen and oxygen atoms in total. The van der Waals surface area contributed by atoms with Crippen LogP contribution in [-0.2, 0) is 0 Å². The van der Waals surface area contributed by atoms with Crippen LogP contribution in [0, 0.1) is 5.92 Å². The van der Waals surface area contributed by atoms with E-state index in [9.17, 15) is 4.79 Å². The minimum atomic E-state index is -0.0166. The first-order valence-electron chi connectivity index (χ1n) is 7.47. The SMILES string of the molecule is CCCN(C)c1ccc(C(=O)NC(CN)C2CC2)cc1.Cl.Cl. The highest BCUT2D eigenvalue weighted by atomic mass is 35.5. The van der Waals surface area contributed by atoms with Crippen molar-refractivity contribution in [2.24, 2.45) is 11.7 Å². The quantitative estimate of drug-likeness (QED) is 0.797. The molecule has 126 valence electrons. The van der Waals surface area contributed by atoms with Crippen LogP contribution in [0.25, 0.3) is 0 Å². The summed E-state index contributed by atoms with van der Waals surface area (Å²) < 4.78 is 0. The Morgan fingerprint density at radius 2 is 1.91 bits per heavy atom. The number of carbonyl (C=O) groups is 1. The molecule has 0 heterocycles. The van der Waals surface area contributed by atoms with Gasteiger partial charge in [-0.25, -0.2) is 0 Å². The molecule has 1 aromatic carbocycles. The molecule has 22 heavy (non-hydrogen) atoms. The van der Waals surface area contributed by atoms with Crippen molar-refractivity contribution in [1.29, 1.82) is 0 Å². The van der Waals surface area contributed by atoms with E-state index in [0.717, 1.165) is 18.7 Å². The lowest BCUT2D eigenvalue weighted by molar-refractivity contribution is 0.0933. The highest BCUT2D eigenvalue weighted by Crippen LogP contribution is 2.32. The maximum absolute atomic E-state index is 12.2. The van der Waals surface area contributed by atoms with Gasteiger partial charge in [-0.05, 0) is 49.4 Å². The predicted molar refractivity (Wildman–Crippen MR) is 97.5 cm³/mol. The first-order valence-corrected chi connectivity index (χ1v) is 7.47. The third-order valence-corrected chi connectivity index (χ3v) is 3.89. The lowest BCUT2D eigenvalue weighted by atomic mass is 10.1. The smallest absolute Gasteiger partial charge is 0.251 e. The zero-order chi connectivity index (χ0) is 14.5. The number of benzene rings is 1. The first-order chi connectivity index (χ1) is 9.65. The van der Waals surface area contributed by atoms with E-state index in [1.54, 1.807) is 0 Å². The molecule has 1 fully saturated rings. The van der Waals surface area contributed by atoms with Crippen molar-refractivity contribution in [1.82, 2.24) is 5.32 Å². The molecule has 1 atom stereocenters. The minimum absolute atomic E-state index is 0. The van der Waals surface area contributed by atoms with E-state index >= 15 is 0 Å². The Morgan fingerprint density at radius 3 is 2.36 bits per heavy atom. The highest BCUT2D eigenvalue weighted by molar-refractivity contribution is 5.94. The second-order valence-electron chi connectivity index (χ2n) is 5.62. The third-order valence-electron chi connectivity index (χ3n) is 3.89. The van der Waals surface area contributed by atoms with Crippen LogP contribution in [-0.4, -0.2) is 32.1 Å². The molecule has 0 aromatic heterocycles. The largest absolute Gasteiger partial charge is 0.375 e. The van der Waals surface area contributed by atoms with Crippen molar-refractivity contribution >= 4 is 36.4 Å². The molecule has 0 spiro atoms. The maximum Gasteiger partial charge on any atom is 0.251 e. The standard InChI is InChI=1S/C16H25N3O.2ClH/c1-3-10-19(2)14-8-6-13(7-9-14)16(20)18-15(11-17)12-4-5-12;;/h6-9,12,15H,3-5,10-11,17H2,1-2H3,(H,18,20);2*1H. The fourth-order valence-electron chi connectivity index (χ4n) is 2.45. The monoisotopic (exact) mass is 347 g/mol. The molecule has 1 saturated carbocycles. The number of halogens is 2. The Kier molecular flexibility index (Phi) is 9.49. The van der Waals surface area contributed by atoms with Crippen LogP contribution >= 0.6 is 24.8 Å². The molecular weight excluding hydrogens is 321 g/mol. The molecule has 1 aliphatic rings. The molecule has 6 heteroatoms. The van der Waals surface area contributed by atoms with Gasteiger partial charge in [0.15, 0.2) is 0 Å². The van der Waals surface area contributed by atoms with Crippen LogP contribution in [0.3, 0.4) is 0 Å². The van der Waals surface area contributed by atoms with Crippen LogP contribution in [0.1, 0.15) is 36.5 Å². The summed E-state index contributed by atoms with van der Waals surface area (Å²) in [6, 6.07) is 7.90. The van der Waals surface area contributed by atoms with Crippen LogP contribution in [0.2, 0.25) is 0 Å². The van der Waals surface area contributed by atoms with Crippen molar-refractivity contribution < 1.29 is 4.79 Å². The molecule has 0 saturated heterocycles. The van der Waals surface area contributed by atoms with Gasteiger partial charge in [0.25, 0.3) is 5.91 Å². The summed E-state index contributed by atoms with van der Waals surface area (Å²) in [7, 11) is 2.07. The van der Waals surface area contributed by atoms with Crippen LogP contribution in [0.15, 0.2) is 24.3 Å². The summed E-state index contributed by atoms with van der Waals surface area (Å²) in [5.74, 6) is 0.566. The fraction of sp³-hybridized carbons (Fsp3) is 0.562. The molecule has 0 radical (unpaired) electrons. The number of hydrogen-bond donors (Lipinski definition) is 2. The first kappa shape index (κ1) is 21.0. The second kappa shape index (κ2) is 9.93. The number of rotatable bonds is 7. The molecule has 0 aliphatic heterocycles. The molecular formula is C16H27Cl2N3O. The molecule has 2 rings (SSSR count). The van der Waals surface area contributed by atoms with Gasteiger partial charge in [-0.2, -0.15) is 0 Å². The predicted octanol–water partition coefficient (Wildman–Crippen LogP) is 2.84. The third kappa shape index (κ3) is 5.67. The topological polar surface area (TPSA) is 58.4 Å². The Hall–Kier alpha value is -0.970. The van der Waals surface area contributed by atoms with E-state index in [1.165, 1.54) is 12.8 Å². The summed E-state index contributed by atoms with van der Waals surface area (Å²) in [4.78, 5) is 14.4. The second-order valence-corrected chi connectivity index (χ2v) is 5.62. The molecule has 0 bridgehead atoms. The normalized spacial score (nSPS) is 14.3. The van der Waals surface area contributed by atoms with E-state index in [2.05, 4.69) is 24.2 Å². The Balaban J connectivity index is 0.00000220. The van der Waals surface area contributed by atoms with Crippen LogP contribution < -0.4 is 16.0 Å². The van der Waals surface area contributed by atoms with Crippen molar-refractivity contribution in [3.05, 3.63) is 29.8 Å². The maximum atomic E-state index is 12.2. The number of hydrogen-bond acceptors (Lipinski definition) is 3. The molecule has 3 N–H and O–H groups in total. The lowest BCUT2D eigenvalue weighted by Crippen LogP contribution is -2.41. The van der Waals surface area contributed by atoms with E-state index in [-0.39, 0.29) is 36.8 Å². The molecule has 1 amide bonds. The Morgan fingerprint density at radius 1 is 1.32 bits per heavy atom. The van der Waals surface area contributed by atoms with E-state index in [0.29, 0.717) is 18.0 Å². The summed E-state index contributed by atoms with van der Waals surface area (Å²) in [5, 5.41) is 3.04. The average molecular weight is 348 g/mol. The lowest BCUT2D eigenvalue weighted by Gasteiger charge is -2.19. The van der Waals surface area contributed by atoms with Crippen LogP contribution in [0.4, 0.5) is 5.69 Å². The minimum Gasteiger partial charge on any atom is -0.375 e. The Labute approximate surface area is 145 Å². The van der Waals surface area contributed by atoms with Crippen molar-refractivity contribution in [2.45, 2.75) is 32.2 Å². The number of anilines is 1. The number of nitrogens with two attached hydrogens (primary N) is 1. The number of carbonyl (C=O) groups excluding carboxylic acids is 1. The van der Waals surface area contributed by atoms with Gasteiger partial charge in [-0.1, -0.05) is 6.92 Å². The van der Waals surface area contributed by atoms with E-state index < -0.39 is 0 Å². The Bertz CT molecular complexity index is 449. The fourth-order valence-corrected chi connectivity index (χ4v) is 2.45. The van der Waals surface area contributed by atoms with Crippen LogP contribution in [0.5, 0.6) is 0 Å². The summed E-state index contributed by atoms with van der Waals surface area (Å²) in [6.07, 6.45) is 3.48. The molecule has 1 aliphatic carbocycles. The number of nitrogens with one attached hydrogen (secondary N) is 1. The molecule has 1 aromatic rings. The van der Waals surface area contributed by atoms with Gasteiger partial charge in [0.2, 0.25) is 0 Å². The highest BCUT2D eigenvalue weighted by Gasteiger charge is 2.31. The summed E-state index contributed by atoms with van der Waals surface area (Å²) in [6.45, 7) is 3.69. The van der Waals surface area contributed by atoms with E-state index in [4.69, 9.17) is 5.73 Å². The van der Waals surface area contributed by atoms with Crippen molar-refractivity contribution in [3.63, 3.8) is 0 Å². The zero-order valence-corrected chi connectivity index (χ0v) is 14.9. The number of nitrogens with zero attached hydrogens (tertiary/aromatic N) is 1. The summed E-state index contributed by atoms with van der Waals surface area (Å²) in [5.41, 5.74) is 7.56. The molecule has 1 unspecified atom stereocenters. The van der Waals surface area contributed by atoms with Crippen molar-refractivity contribution in [2.75, 3.05) is 25.0 Å². The number of amides is 1. The van der Waals surface area contributed by atoms with Gasteiger partial charge >= 0.3 is 0 Å². The van der Waals surface area contributed by atoms with Crippen molar-refractivity contribution in [3.8, 4) is 0 Å². The van der Waals surface area contributed by atoms with Gasteiger partial charge in [0.05, 0.1) is 0 Å². The summed E-state index contributed by atoms with van der Waals surface area (Å²) >= 11 is 0. The van der Waals surface area contributed by atoms with E-state index in [1.807, 2.05) is 24.3 Å². The van der Waals surface area contributed by atoms with Gasteiger partial charge in [-0.15, -0.1) is 24.8 Å². The van der Waals surface area contributed by atoms with Gasteiger partial charge < -0.3 is 16.0 Å². The average Bonchev–Trinajstić information content (AvgIpc) is 3.29. The van der Waals surface area contributed by atoms with Gasteiger partial charge in [0, 0.05) is 37.4 Å². The van der Waals surface area contributed by atoms with Gasteiger partial charge in [-0.3, -0.25) is 4.79 Å². The van der Waals surface area contributed by atoms with Gasteiger partial charge in [0.1, 0.15) is 0 Å².